The highest BCUT2D eigenvalue weighted by Crippen LogP contribution is 2.22. The lowest BCUT2D eigenvalue weighted by Gasteiger charge is -2.05. The van der Waals surface area contributed by atoms with E-state index in [0.717, 1.165) is 12.3 Å². The van der Waals surface area contributed by atoms with Crippen LogP contribution in [0.3, 0.4) is 0 Å². The number of hydrogen-bond donors (Lipinski definition) is 1. The third kappa shape index (κ3) is 3.41. The zero-order valence-corrected chi connectivity index (χ0v) is 9.37. The molecule has 0 radical (unpaired) electrons. The lowest BCUT2D eigenvalue weighted by Crippen LogP contribution is -2.09. The molecule has 0 atom stereocenters. The quantitative estimate of drug-likeness (QED) is 0.585. The topological polar surface area (TPSA) is 12.0 Å². The van der Waals surface area contributed by atoms with E-state index in [1.54, 1.807) is 0 Å². The van der Waals surface area contributed by atoms with Gasteiger partial charge >= 0.3 is 0 Å². The van der Waals surface area contributed by atoms with Crippen LogP contribution >= 0.6 is 11.8 Å². The minimum Gasteiger partial charge on any atom is -0.319 e. The van der Waals surface area contributed by atoms with Gasteiger partial charge in [-0.05, 0) is 32.5 Å². The Morgan fingerprint density at radius 1 is 1.31 bits per heavy atom. The molecule has 0 bridgehead atoms. The van der Waals surface area contributed by atoms with Crippen LogP contribution in [-0.2, 0) is 0 Å². The van der Waals surface area contributed by atoms with Gasteiger partial charge < -0.3 is 5.32 Å². The maximum absolute atomic E-state index is 3.15. The second-order valence-electron chi connectivity index (χ2n) is 3.22. The van der Waals surface area contributed by atoms with Crippen molar-refractivity contribution in [2.24, 2.45) is 0 Å². The molecule has 1 aromatic rings. The molecule has 0 aliphatic carbocycles. The average Bonchev–Trinajstić information content (AvgIpc) is 2.09. The molecule has 13 heavy (non-hydrogen) atoms. The largest absolute Gasteiger partial charge is 0.319 e. The van der Waals surface area contributed by atoms with E-state index in [9.17, 15) is 0 Å². The summed E-state index contributed by atoms with van der Waals surface area (Å²) >= 11 is 1.92. The van der Waals surface area contributed by atoms with Gasteiger partial charge in [-0.2, -0.15) is 0 Å². The van der Waals surface area contributed by atoms with Gasteiger partial charge in [-0.1, -0.05) is 17.7 Å². The minimum atomic E-state index is 1.07. The molecule has 2 heteroatoms. The number of thioether (sulfide) groups is 1. The highest BCUT2D eigenvalue weighted by atomic mass is 32.2. The van der Waals surface area contributed by atoms with Crippen LogP contribution in [0.2, 0.25) is 0 Å². The number of rotatable bonds is 4. The average molecular weight is 195 g/mol. The molecule has 0 saturated carbocycles. The third-order valence-electron chi connectivity index (χ3n) is 1.94. The van der Waals surface area contributed by atoms with E-state index in [0.29, 0.717) is 0 Å². The van der Waals surface area contributed by atoms with E-state index in [4.69, 9.17) is 0 Å². The Labute approximate surface area is 84.9 Å². The van der Waals surface area contributed by atoms with Crippen molar-refractivity contribution >= 4 is 11.8 Å². The fourth-order valence-corrected chi connectivity index (χ4v) is 2.20. The van der Waals surface area contributed by atoms with Crippen LogP contribution in [0.1, 0.15) is 11.1 Å². The van der Waals surface area contributed by atoms with E-state index in [1.807, 2.05) is 18.8 Å². The van der Waals surface area contributed by atoms with Crippen molar-refractivity contribution in [3.05, 3.63) is 29.3 Å². The predicted octanol–water partition coefficient (Wildman–Crippen LogP) is 2.61. The molecule has 0 aliphatic rings. The second-order valence-corrected chi connectivity index (χ2v) is 4.36. The number of benzene rings is 1. The van der Waals surface area contributed by atoms with Gasteiger partial charge in [0, 0.05) is 17.2 Å². The number of hydrogen-bond acceptors (Lipinski definition) is 2. The Morgan fingerprint density at radius 3 is 2.69 bits per heavy atom. The highest BCUT2D eigenvalue weighted by Gasteiger charge is 1.97. The van der Waals surface area contributed by atoms with Crippen molar-refractivity contribution in [2.45, 2.75) is 18.7 Å². The summed E-state index contributed by atoms with van der Waals surface area (Å²) in [4.78, 5) is 1.40. The predicted molar refractivity (Wildman–Crippen MR) is 60.6 cm³/mol. The zero-order chi connectivity index (χ0) is 9.68. The molecule has 0 heterocycles. The van der Waals surface area contributed by atoms with Crippen molar-refractivity contribution < 1.29 is 0 Å². The van der Waals surface area contributed by atoms with Crippen LogP contribution in [-0.4, -0.2) is 19.3 Å². The standard InChI is InChI=1S/C11H17NS/c1-9-4-5-11(10(2)8-9)13-7-6-12-3/h4-5,8,12H,6-7H2,1-3H3. The molecule has 1 aromatic carbocycles. The maximum atomic E-state index is 3.15. The van der Waals surface area contributed by atoms with Gasteiger partial charge in [0.15, 0.2) is 0 Å². The van der Waals surface area contributed by atoms with E-state index in [2.05, 4.69) is 37.4 Å². The molecule has 0 spiro atoms. The molecule has 1 nitrogen and oxygen atoms in total. The Morgan fingerprint density at radius 2 is 2.08 bits per heavy atom. The fourth-order valence-electron chi connectivity index (χ4n) is 1.22. The van der Waals surface area contributed by atoms with Crippen LogP contribution in [0.4, 0.5) is 0 Å². The van der Waals surface area contributed by atoms with Gasteiger partial charge in [-0.3, -0.25) is 0 Å². The summed E-state index contributed by atoms with van der Waals surface area (Å²) in [6.07, 6.45) is 0. The lowest BCUT2D eigenvalue weighted by molar-refractivity contribution is 0.871. The summed E-state index contributed by atoms with van der Waals surface area (Å²) in [6, 6.07) is 6.63. The Bertz CT molecular complexity index is 271. The summed E-state index contributed by atoms with van der Waals surface area (Å²) in [7, 11) is 1.99. The SMILES string of the molecule is CNCCSc1ccc(C)cc1C. The van der Waals surface area contributed by atoms with Crippen LogP contribution in [0, 0.1) is 13.8 Å². The Kier molecular flexibility index (Phi) is 4.33. The summed E-state index contributed by atoms with van der Waals surface area (Å²) in [5.74, 6) is 1.14. The van der Waals surface area contributed by atoms with Gasteiger partial charge in [0.25, 0.3) is 0 Å². The van der Waals surface area contributed by atoms with Crippen LogP contribution < -0.4 is 5.32 Å². The monoisotopic (exact) mass is 195 g/mol. The first-order valence-electron chi connectivity index (χ1n) is 4.58. The smallest absolute Gasteiger partial charge is 0.0105 e. The summed E-state index contributed by atoms with van der Waals surface area (Å²) in [5, 5.41) is 3.15. The van der Waals surface area contributed by atoms with Crippen molar-refractivity contribution in [3.63, 3.8) is 0 Å². The Balaban J connectivity index is 2.56. The first-order valence-corrected chi connectivity index (χ1v) is 5.57. The molecule has 0 fully saturated rings. The first-order chi connectivity index (χ1) is 6.24. The number of aryl methyl sites for hydroxylation is 2. The van der Waals surface area contributed by atoms with Gasteiger partial charge in [0.2, 0.25) is 0 Å². The van der Waals surface area contributed by atoms with Gasteiger partial charge in [-0.15, -0.1) is 11.8 Å². The van der Waals surface area contributed by atoms with Gasteiger partial charge in [0.1, 0.15) is 0 Å². The lowest BCUT2D eigenvalue weighted by atomic mass is 10.2. The van der Waals surface area contributed by atoms with E-state index < -0.39 is 0 Å². The van der Waals surface area contributed by atoms with Gasteiger partial charge in [0.05, 0.1) is 0 Å². The molecule has 72 valence electrons. The van der Waals surface area contributed by atoms with E-state index in [-0.39, 0.29) is 0 Å². The van der Waals surface area contributed by atoms with Crippen molar-refractivity contribution in [2.75, 3.05) is 19.3 Å². The first kappa shape index (κ1) is 10.6. The van der Waals surface area contributed by atoms with E-state index in [1.165, 1.54) is 16.0 Å². The molecule has 0 aromatic heterocycles. The highest BCUT2D eigenvalue weighted by molar-refractivity contribution is 7.99. The molecule has 0 aliphatic heterocycles. The van der Waals surface area contributed by atoms with Crippen LogP contribution in [0.15, 0.2) is 23.1 Å². The zero-order valence-electron chi connectivity index (χ0n) is 8.55. The molecular weight excluding hydrogens is 178 g/mol. The molecule has 1 rings (SSSR count). The molecule has 0 unspecified atom stereocenters. The fraction of sp³-hybridized carbons (Fsp3) is 0.455. The summed E-state index contributed by atoms with van der Waals surface area (Å²) in [6.45, 7) is 5.38. The summed E-state index contributed by atoms with van der Waals surface area (Å²) in [5.41, 5.74) is 2.73. The van der Waals surface area contributed by atoms with Crippen molar-refractivity contribution in [1.82, 2.24) is 5.32 Å². The molecule has 1 N–H and O–H groups in total. The molecular formula is C11H17NS. The van der Waals surface area contributed by atoms with Gasteiger partial charge in [-0.25, -0.2) is 0 Å². The third-order valence-corrected chi connectivity index (χ3v) is 3.12. The second kappa shape index (κ2) is 5.30. The van der Waals surface area contributed by atoms with Crippen molar-refractivity contribution in [3.8, 4) is 0 Å². The number of nitrogens with one attached hydrogen (secondary N) is 1. The summed E-state index contributed by atoms with van der Waals surface area (Å²) < 4.78 is 0. The van der Waals surface area contributed by atoms with Crippen LogP contribution in [0.25, 0.3) is 0 Å². The van der Waals surface area contributed by atoms with E-state index >= 15 is 0 Å². The Hall–Kier alpha value is -0.470. The molecule has 0 amide bonds. The normalized spacial score (nSPS) is 10.4. The maximum Gasteiger partial charge on any atom is 0.0105 e. The minimum absolute atomic E-state index is 1.07. The van der Waals surface area contributed by atoms with Crippen LogP contribution in [0.5, 0.6) is 0 Å². The van der Waals surface area contributed by atoms with Crippen molar-refractivity contribution in [1.29, 1.82) is 0 Å². The molecule has 0 saturated heterocycles.